The molecule has 0 radical (unpaired) electrons. The maximum Gasteiger partial charge on any atom is 0.271 e. The van der Waals surface area contributed by atoms with Crippen LogP contribution in [0.25, 0.3) is 5.69 Å². The zero-order valence-corrected chi connectivity index (χ0v) is 14.0. The number of carbonyl (C=O) groups excluding carboxylic acids is 1. The number of hydrogen-bond acceptors (Lipinski definition) is 3. The fourth-order valence-corrected chi connectivity index (χ4v) is 3.28. The van der Waals surface area contributed by atoms with Gasteiger partial charge in [0.05, 0.1) is 6.10 Å². The first-order chi connectivity index (χ1) is 12.0. The van der Waals surface area contributed by atoms with Crippen molar-refractivity contribution in [3.05, 3.63) is 47.3 Å². The van der Waals surface area contributed by atoms with Crippen LogP contribution in [-0.2, 0) is 0 Å². The molecule has 0 saturated heterocycles. The first kappa shape index (κ1) is 17.5. The molecule has 2 N–H and O–H groups in total. The Hall–Kier alpha value is -2.28. The summed E-state index contributed by atoms with van der Waals surface area (Å²) in [5, 5.41) is 16.9. The maximum absolute atomic E-state index is 13.9. The molecular formula is C18H21F2N3O2. The van der Waals surface area contributed by atoms with Crippen LogP contribution in [0.15, 0.2) is 24.3 Å². The fourth-order valence-electron chi connectivity index (χ4n) is 3.28. The third-order valence-electron chi connectivity index (χ3n) is 4.67. The van der Waals surface area contributed by atoms with Crippen LogP contribution in [0.5, 0.6) is 0 Å². The van der Waals surface area contributed by atoms with E-state index >= 15 is 0 Å². The van der Waals surface area contributed by atoms with Crippen LogP contribution in [0.4, 0.5) is 8.78 Å². The first-order valence-corrected chi connectivity index (χ1v) is 8.44. The van der Waals surface area contributed by atoms with E-state index in [1.165, 1.54) is 16.8 Å². The second kappa shape index (κ2) is 7.31. The molecule has 1 atom stereocenters. The summed E-state index contributed by atoms with van der Waals surface area (Å²) < 4.78 is 28.2. The number of hydrogen-bond donors (Lipinski definition) is 2. The number of aromatic nitrogens is 2. The highest BCUT2D eigenvalue weighted by Crippen LogP contribution is 2.27. The van der Waals surface area contributed by atoms with E-state index in [1.54, 1.807) is 6.92 Å². The maximum atomic E-state index is 13.9. The molecule has 1 amide bonds. The van der Waals surface area contributed by atoms with Gasteiger partial charge < -0.3 is 10.4 Å². The van der Waals surface area contributed by atoms with Crippen molar-refractivity contribution in [3.8, 4) is 5.69 Å². The van der Waals surface area contributed by atoms with Crippen LogP contribution in [-0.4, -0.2) is 33.4 Å². The molecule has 134 valence electrons. The van der Waals surface area contributed by atoms with Gasteiger partial charge in [0.1, 0.15) is 11.5 Å². The van der Waals surface area contributed by atoms with E-state index in [4.69, 9.17) is 0 Å². The summed E-state index contributed by atoms with van der Waals surface area (Å²) in [6.07, 6.45) is 3.62. The van der Waals surface area contributed by atoms with E-state index in [2.05, 4.69) is 10.4 Å². The molecule has 0 aliphatic heterocycles. The van der Waals surface area contributed by atoms with E-state index in [9.17, 15) is 18.7 Å². The number of benzene rings is 1. The molecule has 1 fully saturated rings. The number of aliphatic hydroxyl groups excluding tert-OH is 1. The van der Waals surface area contributed by atoms with Crippen molar-refractivity contribution in [2.24, 2.45) is 5.92 Å². The van der Waals surface area contributed by atoms with Gasteiger partial charge in [-0.2, -0.15) is 5.10 Å². The first-order valence-electron chi connectivity index (χ1n) is 8.44. The summed E-state index contributed by atoms with van der Waals surface area (Å²) in [6.45, 7) is 1.85. The Kier molecular flexibility index (Phi) is 5.13. The van der Waals surface area contributed by atoms with Crippen molar-refractivity contribution in [1.29, 1.82) is 0 Å². The largest absolute Gasteiger partial charge is 0.391 e. The predicted molar refractivity (Wildman–Crippen MR) is 88.5 cm³/mol. The Balaban J connectivity index is 1.69. The summed E-state index contributed by atoms with van der Waals surface area (Å²) >= 11 is 0. The van der Waals surface area contributed by atoms with Crippen LogP contribution < -0.4 is 5.32 Å². The summed E-state index contributed by atoms with van der Waals surface area (Å²) in [7, 11) is 0. The summed E-state index contributed by atoms with van der Waals surface area (Å²) in [5.74, 6) is -1.63. The Morgan fingerprint density at radius 1 is 1.36 bits per heavy atom. The lowest BCUT2D eigenvalue weighted by Gasteiger charge is -2.17. The fraction of sp³-hybridized carbons (Fsp3) is 0.444. The standard InChI is InChI=1S/C18H21F2N3O2/c1-11-8-15(18(25)21-10-17(24)12-4-2-3-5-12)22-23(11)16-7-6-13(19)9-14(16)20/h6-9,12,17,24H,2-5,10H2,1H3,(H,21,25). The van der Waals surface area contributed by atoms with Gasteiger partial charge in [0.15, 0.2) is 11.5 Å². The van der Waals surface area contributed by atoms with Gasteiger partial charge in [-0.05, 0) is 43.9 Å². The minimum absolute atomic E-state index is 0.0731. The van der Waals surface area contributed by atoms with Crippen molar-refractivity contribution >= 4 is 5.91 Å². The normalized spacial score (nSPS) is 16.2. The highest BCUT2D eigenvalue weighted by Gasteiger charge is 2.24. The lowest BCUT2D eigenvalue weighted by Crippen LogP contribution is -2.35. The van der Waals surface area contributed by atoms with E-state index in [-0.39, 0.29) is 23.8 Å². The Morgan fingerprint density at radius 2 is 2.08 bits per heavy atom. The molecule has 0 spiro atoms. The van der Waals surface area contributed by atoms with Gasteiger partial charge >= 0.3 is 0 Å². The Morgan fingerprint density at radius 3 is 2.76 bits per heavy atom. The van der Waals surface area contributed by atoms with Crippen LogP contribution in [0.3, 0.4) is 0 Å². The van der Waals surface area contributed by atoms with Gasteiger partial charge in [-0.1, -0.05) is 12.8 Å². The van der Waals surface area contributed by atoms with Crippen molar-refractivity contribution < 1.29 is 18.7 Å². The quantitative estimate of drug-likeness (QED) is 0.872. The van der Waals surface area contributed by atoms with Gasteiger partial charge in [0, 0.05) is 18.3 Å². The number of aryl methyl sites for hydroxylation is 1. The van der Waals surface area contributed by atoms with Crippen LogP contribution in [0, 0.1) is 24.5 Å². The van der Waals surface area contributed by atoms with Crippen LogP contribution in [0.1, 0.15) is 41.9 Å². The van der Waals surface area contributed by atoms with E-state index in [0.717, 1.165) is 37.8 Å². The molecule has 1 aromatic heterocycles. The SMILES string of the molecule is Cc1cc(C(=O)NCC(O)C2CCCC2)nn1-c1ccc(F)cc1F. The van der Waals surface area contributed by atoms with Crippen molar-refractivity contribution in [2.75, 3.05) is 6.54 Å². The molecule has 3 rings (SSSR count). The van der Waals surface area contributed by atoms with Crippen molar-refractivity contribution in [2.45, 2.75) is 38.7 Å². The molecule has 1 aromatic carbocycles. The summed E-state index contributed by atoms with van der Waals surface area (Å²) in [6, 6.07) is 4.71. The highest BCUT2D eigenvalue weighted by atomic mass is 19.1. The Bertz CT molecular complexity index is 770. The van der Waals surface area contributed by atoms with Crippen LogP contribution in [0.2, 0.25) is 0 Å². The zero-order chi connectivity index (χ0) is 18.0. The van der Waals surface area contributed by atoms with E-state index in [1.807, 2.05) is 0 Å². The van der Waals surface area contributed by atoms with Crippen molar-refractivity contribution in [1.82, 2.24) is 15.1 Å². The molecule has 1 aliphatic carbocycles. The minimum Gasteiger partial charge on any atom is -0.391 e. The van der Waals surface area contributed by atoms with Gasteiger partial charge in [-0.3, -0.25) is 4.79 Å². The number of carbonyl (C=O) groups is 1. The summed E-state index contributed by atoms with van der Waals surface area (Å²) in [5.41, 5.74) is 0.746. The lowest BCUT2D eigenvalue weighted by atomic mass is 10.0. The van der Waals surface area contributed by atoms with Gasteiger partial charge in [0.2, 0.25) is 0 Å². The molecule has 1 aliphatic rings. The Labute approximate surface area is 144 Å². The van der Waals surface area contributed by atoms with Gasteiger partial charge in [0.25, 0.3) is 5.91 Å². The van der Waals surface area contributed by atoms with Crippen LogP contribution >= 0.6 is 0 Å². The smallest absolute Gasteiger partial charge is 0.271 e. The highest BCUT2D eigenvalue weighted by molar-refractivity contribution is 5.92. The minimum atomic E-state index is -0.755. The van der Waals surface area contributed by atoms with E-state index < -0.39 is 23.6 Å². The third-order valence-corrected chi connectivity index (χ3v) is 4.67. The lowest BCUT2D eigenvalue weighted by molar-refractivity contribution is 0.0836. The summed E-state index contributed by atoms with van der Waals surface area (Å²) in [4.78, 5) is 12.2. The van der Waals surface area contributed by atoms with Crippen molar-refractivity contribution in [3.63, 3.8) is 0 Å². The number of amides is 1. The second-order valence-electron chi connectivity index (χ2n) is 6.50. The number of halogens is 2. The molecule has 5 nitrogen and oxygen atoms in total. The average molecular weight is 349 g/mol. The number of rotatable bonds is 5. The number of aliphatic hydroxyl groups is 1. The van der Waals surface area contributed by atoms with Gasteiger partial charge in [-0.25, -0.2) is 13.5 Å². The average Bonchev–Trinajstić information content (AvgIpc) is 3.22. The van der Waals surface area contributed by atoms with E-state index in [0.29, 0.717) is 5.69 Å². The molecule has 7 heteroatoms. The number of nitrogens with one attached hydrogen (secondary N) is 1. The molecule has 25 heavy (non-hydrogen) atoms. The molecule has 1 unspecified atom stereocenters. The zero-order valence-electron chi connectivity index (χ0n) is 14.0. The molecular weight excluding hydrogens is 328 g/mol. The molecule has 0 bridgehead atoms. The predicted octanol–water partition coefficient (Wildman–Crippen LogP) is 2.74. The molecule has 2 aromatic rings. The third kappa shape index (κ3) is 3.87. The molecule has 1 heterocycles. The number of nitrogens with zero attached hydrogens (tertiary/aromatic N) is 2. The monoisotopic (exact) mass is 349 g/mol. The molecule has 1 saturated carbocycles. The topological polar surface area (TPSA) is 67.2 Å². The van der Waals surface area contributed by atoms with Gasteiger partial charge in [-0.15, -0.1) is 0 Å². The second-order valence-corrected chi connectivity index (χ2v) is 6.50.